The summed E-state index contributed by atoms with van der Waals surface area (Å²) in [6.07, 6.45) is 6.35. The largest absolute Gasteiger partial charge is 0.491 e. The lowest BCUT2D eigenvalue weighted by atomic mass is 10.1. The Labute approximate surface area is 105 Å². The molecule has 0 saturated heterocycles. The highest BCUT2D eigenvalue weighted by molar-refractivity contribution is 5.27. The maximum atomic E-state index is 5.61. The zero-order chi connectivity index (χ0) is 12.5. The molecule has 2 nitrogen and oxygen atoms in total. The number of rotatable bonds is 8. The van der Waals surface area contributed by atoms with Crippen LogP contribution in [-0.2, 0) is 6.42 Å². The van der Waals surface area contributed by atoms with Gasteiger partial charge < -0.3 is 10.5 Å². The van der Waals surface area contributed by atoms with Crippen LogP contribution in [0, 0.1) is 0 Å². The number of unbranched alkanes of at least 4 members (excludes halogenated alkanes) is 3. The Morgan fingerprint density at radius 3 is 2.24 bits per heavy atom. The molecule has 1 aromatic rings. The van der Waals surface area contributed by atoms with Crippen molar-refractivity contribution >= 4 is 0 Å². The van der Waals surface area contributed by atoms with Crippen molar-refractivity contribution in [1.82, 2.24) is 0 Å². The first-order valence-corrected chi connectivity index (χ1v) is 6.68. The Balaban J connectivity index is 2.25. The van der Waals surface area contributed by atoms with Crippen LogP contribution in [0.15, 0.2) is 24.3 Å². The fourth-order valence-corrected chi connectivity index (χ4v) is 1.83. The van der Waals surface area contributed by atoms with Crippen LogP contribution in [0.25, 0.3) is 0 Å². The maximum Gasteiger partial charge on any atom is 0.119 e. The topological polar surface area (TPSA) is 35.2 Å². The van der Waals surface area contributed by atoms with Crippen LogP contribution in [-0.4, -0.2) is 12.6 Å². The molecule has 0 radical (unpaired) electrons. The zero-order valence-corrected chi connectivity index (χ0v) is 11.1. The molecule has 2 heteroatoms. The molecule has 0 unspecified atom stereocenters. The van der Waals surface area contributed by atoms with Gasteiger partial charge in [-0.05, 0) is 57.4 Å². The predicted octanol–water partition coefficient (Wildman–Crippen LogP) is 3.54. The van der Waals surface area contributed by atoms with E-state index in [4.69, 9.17) is 10.5 Å². The molecule has 0 fully saturated rings. The fraction of sp³-hybridized carbons (Fsp3) is 0.600. The van der Waals surface area contributed by atoms with E-state index in [1.54, 1.807) is 0 Å². The second-order valence-corrected chi connectivity index (χ2v) is 4.76. The van der Waals surface area contributed by atoms with E-state index in [1.165, 1.54) is 24.8 Å². The second-order valence-electron chi connectivity index (χ2n) is 4.76. The first-order chi connectivity index (χ1) is 8.22. The molecule has 0 heterocycles. The molecule has 0 aromatic heterocycles. The quantitative estimate of drug-likeness (QED) is 0.699. The highest BCUT2D eigenvalue weighted by Gasteiger charge is 1.98. The highest BCUT2D eigenvalue weighted by Crippen LogP contribution is 2.15. The molecular formula is C15H25NO. The lowest BCUT2D eigenvalue weighted by Crippen LogP contribution is -2.05. The minimum Gasteiger partial charge on any atom is -0.491 e. The molecule has 17 heavy (non-hydrogen) atoms. The highest BCUT2D eigenvalue weighted by atomic mass is 16.5. The summed E-state index contributed by atoms with van der Waals surface area (Å²) in [6, 6.07) is 8.46. The molecule has 0 aliphatic heterocycles. The number of hydrogen-bond acceptors (Lipinski definition) is 2. The van der Waals surface area contributed by atoms with Crippen LogP contribution >= 0.6 is 0 Å². The van der Waals surface area contributed by atoms with Crippen molar-refractivity contribution in [3.05, 3.63) is 29.8 Å². The van der Waals surface area contributed by atoms with E-state index in [0.717, 1.165) is 25.1 Å². The molecule has 1 rings (SSSR count). The van der Waals surface area contributed by atoms with E-state index >= 15 is 0 Å². The Kier molecular flexibility index (Phi) is 6.71. The minimum absolute atomic E-state index is 0.247. The van der Waals surface area contributed by atoms with Gasteiger partial charge in [0.15, 0.2) is 0 Å². The van der Waals surface area contributed by atoms with Crippen LogP contribution in [0.4, 0.5) is 0 Å². The summed E-state index contributed by atoms with van der Waals surface area (Å²) in [5.41, 5.74) is 6.86. The maximum absolute atomic E-state index is 5.61. The summed E-state index contributed by atoms with van der Waals surface area (Å²) in [5.74, 6) is 0.965. The summed E-state index contributed by atoms with van der Waals surface area (Å²) in [6.45, 7) is 4.91. The fourth-order valence-electron chi connectivity index (χ4n) is 1.83. The average Bonchev–Trinajstić information content (AvgIpc) is 2.30. The Bertz CT molecular complexity index is 292. The molecule has 1 aromatic carbocycles. The van der Waals surface area contributed by atoms with Crippen molar-refractivity contribution in [1.29, 1.82) is 0 Å². The van der Waals surface area contributed by atoms with E-state index < -0.39 is 0 Å². The van der Waals surface area contributed by atoms with Crippen molar-refractivity contribution in [3.63, 3.8) is 0 Å². The number of hydrogen-bond donors (Lipinski definition) is 1. The summed E-state index contributed by atoms with van der Waals surface area (Å²) in [4.78, 5) is 0. The molecule has 0 atom stereocenters. The zero-order valence-electron chi connectivity index (χ0n) is 11.1. The first kappa shape index (κ1) is 14.0. The third-order valence-electron chi connectivity index (χ3n) is 2.71. The summed E-state index contributed by atoms with van der Waals surface area (Å²) in [7, 11) is 0. The summed E-state index contributed by atoms with van der Waals surface area (Å²) >= 11 is 0. The number of aryl methyl sites for hydroxylation is 1. The second kappa shape index (κ2) is 8.13. The third-order valence-corrected chi connectivity index (χ3v) is 2.71. The number of ether oxygens (including phenoxy) is 1. The van der Waals surface area contributed by atoms with Crippen molar-refractivity contribution in [2.24, 2.45) is 5.73 Å². The molecule has 2 N–H and O–H groups in total. The molecule has 0 aliphatic carbocycles. The van der Waals surface area contributed by atoms with Gasteiger partial charge in [0, 0.05) is 0 Å². The van der Waals surface area contributed by atoms with Gasteiger partial charge in [0.2, 0.25) is 0 Å². The van der Waals surface area contributed by atoms with Crippen molar-refractivity contribution < 1.29 is 4.74 Å². The van der Waals surface area contributed by atoms with Crippen LogP contribution < -0.4 is 10.5 Å². The standard InChI is InChI=1S/C15H25NO/c1-13(2)17-15-10-8-14(9-11-15)7-5-3-4-6-12-16/h8-11,13H,3-7,12,16H2,1-2H3. The molecule has 0 amide bonds. The van der Waals surface area contributed by atoms with Crippen LogP contribution in [0.3, 0.4) is 0 Å². The van der Waals surface area contributed by atoms with Gasteiger partial charge in [0.05, 0.1) is 6.10 Å². The number of nitrogens with two attached hydrogens (primary N) is 1. The summed E-state index contributed by atoms with van der Waals surface area (Å²) in [5, 5.41) is 0. The van der Waals surface area contributed by atoms with E-state index in [2.05, 4.69) is 24.3 Å². The van der Waals surface area contributed by atoms with Gasteiger partial charge in [-0.25, -0.2) is 0 Å². The van der Waals surface area contributed by atoms with Crippen molar-refractivity contribution in [3.8, 4) is 5.75 Å². The normalized spacial score (nSPS) is 10.8. The molecule has 0 bridgehead atoms. The predicted molar refractivity (Wildman–Crippen MR) is 73.4 cm³/mol. The Morgan fingerprint density at radius 1 is 1.00 bits per heavy atom. The monoisotopic (exact) mass is 235 g/mol. The first-order valence-electron chi connectivity index (χ1n) is 6.68. The van der Waals surface area contributed by atoms with Crippen LogP contribution in [0.5, 0.6) is 5.75 Å². The van der Waals surface area contributed by atoms with Gasteiger partial charge in [-0.1, -0.05) is 25.0 Å². The van der Waals surface area contributed by atoms with Gasteiger partial charge >= 0.3 is 0 Å². The lowest BCUT2D eigenvalue weighted by Gasteiger charge is -2.10. The van der Waals surface area contributed by atoms with Crippen molar-refractivity contribution in [2.75, 3.05) is 6.54 Å². The van der Waals surface area contributed by atoms with E-state index in [0.29, 0.717) is 0 Å². The lowest BCUT2D eigenvalue weighted by molar-refractivity contribution is 0.242. The smallest absolute Gasteiger partial charge is 0.119 e. The van der Waals surface area contributed by atoms with Crippen molar-refractivity contribution in [2.45, 2.75) is 52.1 Å². The molecule has 96 valence electrons. The minimum atomic E-state index is 0.247. The summed E-state index contributed by atoms with van der Waals surface area (Å²) < 4.78 is 5.61. The average molecular weight is 235 g/mol. The van der Waals surface area contributed by atoms with E-state index in [1.807, 2.05) is 13.8 Å². The molecule has 0 saturated carbocycles. The van der Waals surface area contributed by atoms with Gasteiger partial charge in [0.1, 0.15) is 5.75 Å². The number of benzene rings is 1. The van der Waals surface area contributed by atoms with E-state index in [9.17, 15) is 0 Å². The third kappa shape index (κ3) is 6.32. The molecule has 0 spiro atoms. The Morgan fingerprint density at radius 2 is 1.65 bits per heavy atom. The van der Waals surface area contributed by atoms with Gasteiger partial charge in [0.25, 0.3) is 0 Å². The van der Waals surface area contributed by atoms with Gasteiger partial charge in [-0.15, -0.1) is 0 Å². The Hall–Kier alpha value is -1.02. The van der Waals surface area contributed by atoms with E-state index in [-0.39, 0.29) is 6.10 Å². The van der Waals surface area contributed by atoms with Gasteiger partial charge in [-0.2, -0.15) is 0 Å². The van der Waals surface area contributed by atoms with Crippen LogP contribution in [0.1, 0.15) is 45.1 Å². The molecular weight excluding hydrogens is 210 g/mol. The molecule has 0 aliphatic rings. The van der Waals surface area contributed by atoms with Crippen LogP contribution in [0.2, 0.25) is 0 Å². The SMILES string of the molecule is CC(C)Oc1ccc(CCCCCCN)cc1. The van der Waals surface area contributed by atoms with Gasteiger partial charge in [-0.3, -0.25) is 0 Å².